The molecule has 2 N–H and O–H groups in total. The molecule has 0 radical (unpaired) electrons. The zero-order valence-electron chi connectivity index (χ0n) is 19.4. The number of nitrogens with zero attached hydrogens (tertiary/aromatic N) is 2. The molecule has 0 fully saturated rings. The van der Waals surface area contributed by atoms with Crippen molar-refractivity contribution >= 4 is 29.2 Å². The van der Waals surface area contributed by atoms with Gasteiger partial charge in [-0.25, -0.2) is 10.4 Å². The van der Waals surface area contributed by atoms with Gasteiger partial charge in [-0.05, 0) is 49.2 Å². The average molecular weight is 461 g/mol. The van der Waals surface area contributed by atoms with Crippen molar-refractivity contribution < 1.29 is 14.3 Å². The van der Waals surface area contributed by atoms with Gasteiger partial charge in [0.2, 0.25) is 5.96 Å². The van der Waals surface area contributed by atoms with Crippen LogP contribution in [0.15, 0.2) is 53.5 Å². The Kier molecular flexibility index (Phi) is 10.5. The monoisotopic (exact) mass is 460 g/mol. The smallest absolute Gasteiger partial charge is 0.309 e. The van der Waals surface area contributed by atoms with E-state index in [1.807, 2.05) is 74.3 Å². The second kappa shape index (κ2) is 13.1. The first-order chi connectivity index (χ1) is 15.3. The molecule has 0 heterocycles. The third-order valence-corrected chi connectivity index (χ3v) is 4.91. The molecule has 2 aromatic carbocycles. The molecule has 8 heteroatoms. The molecule has 0 aliphatic rings. The third-order valence-electron chi connectivity index (χ3n) is 4.66. The van der Waals surface area contributed by atoms with Crippen molar-refractivity contribution in [2.75, 3.05) is 20.7 Å². The summed E-state index contributed by atoms with van der Waals surface area (Å²) >= 11 is 6.00. The van der Waals surface area contributed by atoms with Gasteiger partial charge in [0.15, 0.2) is 0 Å². The molecule has 0 bridgehead atoms. The molecule has 0 unspecified atom stereocenters. The van der Waals surface area contributed by atoms with Gasteiger partial charge in [0.05, 0.1) is 31.4 Å². The van der Waals surface area contributed by atoms with Crippen LogP contribution in [-0.4, -0.2) is 43.6 Å². The molecule has 32 heavy (non-hydrogen) atoms. The van der Waals surface area contributed by atoms with E-state index in [-0.39, 0.29) is 18.0 Å². The van der Waals surface area contributed by atoms with E-state index < -0.39 is 0 Å². The number of esters is 1. The van der Waals surface area contributed by atoms with E-state index in [1.54, 1.807) is 6.92 Å². The lowest BCUT2D eigenvalue weighted by Gasteiger charge is -2.23. The molecule has 0 aliphatic heterocycles. The number of benzene rings is 2. The van der Waals surface area contributed by atoms with Crippen LogP contribution in [0.5, 0.6) is 0 Å². The summed E-state index contributed by atoms with van der Waals surface area (Å²) in [7, 11) is 3.33. The largest absolute Gasteiger partial charge is 0.469 e. The maximum atomic E-state index is 11.7. The first kappa shape index (κ1) is 25.6. The van der Waals surface area contributed by atoms with Crippen LogP contribution in [-0.2, 0) is 27.4 Å². The molecule has 0 aliphatic carbocycles. The van der Waals surface area contributed by atoms with Crippen LogP contribution in [0.4, 0.5) is 5.69 Å². The molecule has 0 saturated heterocycles. The van der Waals surface area contributed by atoms with Crippen molar-refractivity contribution in [1.82, 2.24) is 15.8 Å². The van der Waals surface area contributed by atoms with Crippen LogP contribution in [0.3, 0.4) is 0 Å². The van der Waals surface area contributed by atoms with Gasteiger partial charge in [0, 0.05) is 25.2 Å². The number of carbonyl (C=O) groups excluding carboxylic acids is 1. The molecular weight excluding hydrogens is 428 g/mol. The minimum atomic E-state index is -0.296. The second-order valence-electron chi connectivity index (χ2n) is 7.87. The molecule has 0 aromatic heterocycles. The molecule has 174 valence electrons. The van der Waals surface area contributed by atoms with Gasteiger partial charge in [0.25, 0.3) is 0 Å². The Morgan fingerprint density at radius 1 is 1.06 bits per heavy atom. The van der Waals surface area contributed by atoms with Crippen LogP contribution in [0, 0.1) is 5.92 Å². The second-order valence-corrected chi connectivity index (χ2v) is 8.31. The SMILES string of the molecule is COC(=O)[C@@H](C)CNN/C(=N\c1ccc(COC(C)C)cc1)N(C)Cc1ccc(Cl)cc1. The van der Waals surface area contributed by atoms with Crippen LogP contribution in [0.2, 0.25) is 5.02 Å². The van der Waals surface area contributed by atoms with Crippen molar-refractivity contribution in [1.29, 1.82) is 0 Å². The highest BCUT2D eigenvalue weighted by Crippen LogP contribution is 2.16. The highest BCUT2D eigenvalue weighted by molar-refractivity contribution is 6.30. The van der Waals surface area contributed by atoms with Crippen LogP contribution in [0.25, 0.3) is 0 Å². The molecule has 1 atom stereocenters. The summed E-state index contributed by atoms with van der Waals surface area (Å²) in [5.74, 6) is 0.0465. The van der Waals surface area contributed by atoms with E-state index in [2.05, 4.69) is 10.9 Å². The lowest BCUT2D eigenvalue weighted by molar-refractivity contribution is -0.144. The number of carbonyl (C=O) groups is 1. The molecular formula is C24H33ClN4O3. The fraction of sp³-hybridized carbons (Fsp3) is 0.417. The number of guanidine groups is 1. The van der Waals surface area contributed by atoms with Gasteiger partial charge < -0.3 is 14.4 Å². The molecule has 7 nitrogen and oxygen atoms in total. The van der Waals surface area contributed by atoms with Crippen molar-refractivity contribution in [3.8, 4) is 0 Å². The Bertz CT molecular complexity index is 870. The third kappa shape index (κ3) is 8.86. The summed E-state index contributed by atoms with van der Waals surface area (Å²) in [6.07, 6.45) is 0.184. The van der Waals surface area contributed by atoms with Crippen molar-refractivity contribution in [3.63, 3.8) is 0 Å². The minimum Gasteiger partial charge on any atom is -0.469 e. The van der Waals surface area contributed by atoms with Crippen LogP contribution >= 0.6 is 11.6 Å². The number of ether oxygens (including phenoxy) is 2. The molecule has 0 spiro atoms. The van der Waals surface area contributed by atoms with Gasteiger partial charge in [-0.3, -0.25) is 10.2 Å². The minimum absolute atomic E-state index is 0.184. The number of halogens is 1. The zero-order valence-corrected chi connectivity index (χ0v) is 20.1. The standard InChI is InChI=1S/C24H33ClN4O3/c1-17(2)32-16-20-8-12-22(13-9-20)27-24(28-26-14-18(3)23(30)31-5)29(4)15-19-6-10-21(25)11-7-19/h6-13,17-18,26H,14-16H2,1-5H3,(H,27,28)/t18-/m0/s1. The average Bonchev–Trinajstić information content (AvgIpc) is 2.78. The zero-order chi connectivity index (χ0) is 23.5. The number of aliphatic imine (C=N–C) groups is 1. The normalized spacial score (nSPS) is 12.5. The highest BCUT2D eigenvalue weighted by atomic mass is 35.5. The fourth-order valence-corrected chi connectivity index (χ4v) is 2.89. The number of hydrogen-bond donors (Lipinski definition) is 2. The Labute approximate surface area is 195 Å². The predicted octanol–water partition coefficient (Wildman–Crippen LogP) is 4.29. The molecule has 0 saturated carbocycles. The maximum absolute atomic E-state index is 11.7. The molecule has 2 aromatic rings. The Hall–Kier alpha value is -2.61. The van der Waals surface area contributed by atoms with Crippen molar-refractivity contribution in [2.45, 2.75) is 40.0 Å². The van der Waals surface area contributed by atoms with Gasteiger partial charge in [-0.1, -0.05) is 42.8 Å². The van der Waals surface area contributed by atoms with E-state index in [4.69, 9.17) is 26.1 Å². The van der Waals surface area contributed by atoms with Gasteiger partial charge in [0.1, 0.15) is 0 Å². The quantitative estimate of drug-likeness (QED) is 0.238. The number of nitrogens with one attached hydrogen (secondary N) is 2. The summed E-state index contributed by atoms with van der Waals surface area (Å²) in [4.78, 5) is 18.4. The van der Waals surface area contributed by atoms with Crippen LogP contribution in [0.1, 0.15) is 31.9 Å². The van der Waals surface area contributed by atoms with Gasteiger partial charge in [-0.2, -0.15) is 0 Å². The number of hydrogen-bond acceptors (Lipinski definition) is 5. The van der Waals surface area contributed by atoms with Crippen molar-refractivity contribution in [3.05, 3.63) is 64.7 Å². The lowest BCUT2D eigenvalue weighted by Crippen LogP contribution is -2.47. The van der Waals surface area contributed by atoms with Crippen LogP contribution < -0.4 is 10.9 Å². The number of hydrazine groups is 1. The summed E-state index contributed by atoms with van der Waals surface area (Å²) < 4.78 is 10.4. The summed E-state index contributed by atoms with van der Waals surface area (Å²) in [5, 5.41) is 0.698. The maximum Gasteiger partial charge on any atom is 0.309 e. The van der Waals surface area contributed by atoms with E-state index in [9.17, 15) is 4.79 Å². The summed E-state index contributed by atoms with van der Waals surface area (Å²) in [5.41, 5.74) is 9.19. The first-order valence-electron chi connectivity index (χ1n) is 10.6. The molecule has 0 amide bonds. The fourth-order valence-electron chi connectivity index (χ4n) is 2.77. The van der Waals surface area contributed by atoms with Crippen molar-refractivity contribution in [2.24, 2.45) is 10.9 Å². The Morgan fingerprint density at radius 3 is 2.28 bits per heavy atom. The number of rotatable bonds is 10. The Morgan fingerprint density at radius 2 is 1.69 bits per heavy atom. The number of methoxy groups -OCH3 is 1. The summed E-state index contributed by atoms with van der Waals surface area (Å²) in [6, 6.07) is 15.6. The highest BCUT2D eigenvalue weighted by Gasteiger charge is 2.14. The lowest BCUT2D eigenvalue weighted by atomic mass is 10.2. The summed E-state index contributed by atoms with van der Waals surface area (Å²) in [6.45, 7) is 7.41. The van der Waals surface area contributed by atoms with Gasteiger partial charge in [-0.15, -0.1) is 0 Å². The predicted molar refractivity (Wildman–Crippen MR) is 129 cm³/mol. The topological polar surface area (TPSA) is 75.2 Å². The van der Waals surface area contributed by atoms with E-state index in [0.717, 1.165) is 16.8 Å². The van der Waals surface area contributed by atoms with Gasteiger partial charge >= 0.3 is 5.97 Å². The van der Waals surface area contributed by atoms with E-state index >= 15 is 0 Å². The van der Waals surface area contributed by atoms with E-state index in [0.29, 0.717) is 30.7 Å². The first-order valence-corrected chi connectivity index (χ1v) is 11.0. The molecule has 2 rings (SSSR count). The Balaban J connectivity index is 2.12. The van der Waals surface area contributed by atoms with E-state index in [1.165, 1.54) is 7.11 Å².